The van der Waals surface area contributed by atoms with E-state index < -0.39 is 8.24 Å². The summed E-state index contributed by atoms with van der Waals surface area (Å²) in [5, 5.41) is 1.31. The molecule has 0 N–H and O–H groups in total. The first-order valence-corrected chi connectivity index (χ1v) is 14.2. The molecular formula is C28H38N2OSi. The van der Waals surface area contributed by atoms with Gasteiger partial charge in [-0.1, -0.05) is 65.8 Å². The number of hydrogen-bond acceptors (Lipinski definition) is 2. The van der Waals surface area contributed by atoms with Crippen molar-refractivity contribution in [2.45, 2.75) is 77.6 Å². The van der Waals surface area contributed by atoms with Crippen LogP contribution in [0.15, 0.2) is 59.7 Å². The SMILES string of the molecule is CC(C)[Si](C(C)C)(C(C)C)n1ccc2cc(-c3ccccc3C3=NC(C)(C)CO3)ccc21. The Kier molecular flexibility index (Phi) is 5.87. The highest BCUT2D eigenvalue weighted by Gasteiger charge is 2.45. The number of aliphatic imine (C=N–C) groups is 1. The third kappa shape index (κ3) is 3.63. The van der Waals surface area contributed by atoms with Gasteiger partial charge in [-0.05, 0) is 77.4 Å². The molecule has 170 valence electrons. The van der Waals surface area contributed by atoms with E-state index in [2.05, 4.69) is 114 Å². The van der Waals surface area contributed by atoms with Crippen LogP contribution in [0.2, 0.25) is 16.6 Å². The van der Waals surface area contributed by atoms with Crippen molar-refractivity contribution in [2.75, 3.05) is 6.61 Å². The van der Waals surface area contributed by atoms with E-state index in [1.165, 1.54) is 22.0 Å². The van der Waals surface area contributed by atoms with Gasteiger partial charge in [-0.3, -0.25) is 0 Å². The molecule has 3 nitrogen and oxygen atoms in total. The molecule has 2 aromatic carbocycles. The van der Waals surface area contributed by atoms with Crippen LogP contribution in [0.3, 0.4) is 0 Å². The summed E-state index contributed by atoms with van der Waals surface area (Å²) in [5.74, 6) is 0.758. The minimum absolute atomic E-state index is 0.165. The molecule has 1 aliphatic rings. The lowest BCUT2D eigenvalue weighted by molar-refractivity contribution is 0.279. The zero-order valence-corrected chi connectivity index (χ0v) is 21.9. The monoisotopic (exact) mass is 446 g/mol. The van der Waals surface area contributed by atoms with Gasteiger partial charge in [0, 0.05) is 11.1 Å². The van der Waals surface area contributed by atoms with Gasteiger partial charge in [0.15, 0.2) is 8.24 Å². The lowest BCUT2D eigenvalue weighted by Crippen LogP contribution is -2.51. The van der Waals surface area contributed by atoms with Gasteiger partial charge in [0.05, 0.1) is 5.54 Å². The zero-order valence-electron chi connectivity index (χ0n) is 20.9. The predicted octanol–water partition coefficient (Wildman–Crippen LogP) is 7.89. The van der Waals surface area contributed by atoms with Crippen LogP contribution in [0.4, 0.5) is 0 Å². The molecule has 0 fully saturated rings. The summed E-state index contributed by atoms with van der Waals surface area (Å²) in [5.41, 5.74) is 6.67. The van der Waals surface area contributed by atoms with Crippen LogP contribution in [-0.4, -0.2) is 30.5 Å². The van der Waals surface area contributed by atoms with Crippen LogP contribution in [0.25, 0.3) is 22.0 Å². The molecule has 1 aliphatic heterocycles. The van der Waals surface area contributed by atoms with E-state index >= 15 is 0 Å². The molecule has 0 bridgehead atoms. The fourth-order valence-electron chi connectivity index (χ4n) is 6.13. The number of nitrogens with zero attached hydrogens (tertiary/aromatic N) is 2. The van der Waals surface area contributed by atoms with Crippen LogP contribution in [0, 0.1) is 0 Å². The Hall–Kier alpha value is -2.33. The standard InChI is InChI=1S/C28H38N2OSi/c1-19(2)32(20(3)4,21(5)6)30-16-15-23-17-22(13-14-26(23)30)24-11-9-10-12-25(24)27-29-28(7,8)18-31-27/h9-17,19-21H,18H2,1-8H3. The first-order valence-electron chi connectivity index (χ1n) is 12.0. The van der Waals surface area contributed by atoms with Gasteiger partial charge in [0.1, 0.15) is 6.61 Å². The van der Waals surface area contributed by atoms with E-state index in [0.717, 1.165) is 11.5 Å². The van der Waals surface area contributed by atoms with Crippen molar-refractivity contribution in [1.29, 1.82) is 0 Å². The van der Waals surface area contributed by atoms with E-state index in [1.54, 1.807) is 0 Å². The molecule has 0 saturated heterocycles. The number of hydrogen-bond donors (Lipinski definition) is 0. The van der Waals surface area contributed by atoms with Crippen LogP contribution >= 0.6 is 0 Å². The van der Waals surface area contributed by atoms with E-state index in [9.17, 15) is 0 Å². The highest BCUT2D eigenvalue weighted by molar-refractivity contribution is 6.82. The Balaban J connectivity index is 1.84. The minimum Gasteiger partial charge on any atom is -0.475 e. The maximum atomic E-state index is 5.98. The Morgan fingerprint density at radius 2 is 1.50 bits per heavy atom. The summed E-state index contributed by atoms with van der Waals surface area (Å²) < 4.78 is 8.67. The molecule has 32 heavy (non-hydrogen) atoms. The van der Waals surface area contributed by atoms with Crippen LogP contribution in [-0.2, 0) is 4.74 Å². The summed E-state index contributed by atoms with van der Waals surface area (Å²) in [6.07, 6.45) is 2.36. The molecule has 3 aromatic rings. The highest BCUT2D eigenvalue weighted by Crippen LogP contribution is 2.44. The predicted molar refractivity (Wildman–Crippen MR) is 140 cm³/mol. The second kappa shape index (κ2) is 8.22. The molecule has 0 radical (unpaired) electrons. The second-order valence-corrected chi connectivity index (χ2v) is 16.6. The van der Waals surface area contributed by atoms with Gasteiger partial charge in [-0.15, -0.1) is 0 Å². The fraction of sp³-hybridized carbons (Fsp3) is 0.464. The van der Waals surface area contributed by atoms with Crippen LogP contribution < -0.4 is 0 Å². The lowest BCUT2D eigenvalue weighted by atomic mass is 9.98. The van der Waals surface area contributed by atoms with E-state index in [1.807, 2.05) is 0 Å². The molecule has 4 rings (SSSR count). The Morgan fingerprint density at radius 1 is 0.875 bits per heavy atom. The van der Waals surface area contributed by atoms with Gasteiger partial charge < -0.3 is 8.97 Å². The molecule has 0 saturated carbocycles. The van der Waals surface area contributed by atoms with Crippen molar-refractivity contribution in [1.82, 2.24) is 4.23 Å². The topological polar surface area (TPSA) is 26.5 Å². The molecule has 0 aliphatic carbocycles. The number of rotatable bonds is 6. The average molecular weight is 447 g/mol. The van der Waals surface area contributed by atoms with Crippen molar-refractivity contribution in [3.05, 3.63) is 60.3 Å². The first kappa shape index (κ1) is 22.8. The number of ether oxygens (including phenoxy) is 1. The number of fused-ring (bicyclic) bond motifs is 1. The molecule has 4 heteroatoms. The molecule has 0 unspecified atom stereocenters. The molecule has 2 heterocycles. The van der Waals surface area contributed by atoms with Gasteiger partial charge in [-0.25, -0.2) is 4.99 Å². The van der Waals surface area contributed by atoms with E-state index in [-0.39, 0.29) is 5.54 Å². The Morgan fingerprint density at radius 3 is 2.06 bits per heavy atom. The quantitative estimate of drug-likeness (QED) is 0.354. The van der Waals surface area contributed by atoms with E-state index in [0.29, 0.717) is 23.2 Å². The largest absolute Gasteiger partial charge is 0.475 e. The number of aromatic nitrogens is 1. The normalized spacial score (nSPS) is 16.3. The average Bonchev–Trinajstić information content (AvgIpc) is 3.30. The summed E-state index contributed by atoms with van der Waals surface area (Å²) in [7, 11) is -1.78. The Labute approximate surface area is 194 Å². The van der Waals surface area contributed by atoms with Crippen LogP contribution in [0.5, 0.6) is 0 Å². The zero-order chi connectivity index (χ0) is 23.3. The molecule has 0 atom stereocenters. The van der Waals surface area contributed by atoms with Crippen molar-refractivity contribution < 1.29 is 4.74 Å². The van der Waals surface area contributed by atoms with Gasteiger partial charge in [0.2, 0.25) is 5.90 Å². The highest BCUT2D eigenvalue weighted by atomic mass is 28.3. The third-order valence-corrected chi connectivity index (χ3v) is 14.1. The maximum Gasteiger partial charge on any atom is 0.217 e. The van der Waals surface area contributed by atoms with Crippen molar-refractivity contribution >= 4 is 25.0 Å². The molecule has 1 aromatic heterocycles. The third-order valence-electron chi connectivity index (χ3n) is 7.32. The van der Waals surface area contributed by atoms with Crippen molar-refractivity contribution in [3.8, 4) is 11.1 Å². The van der Waals surface area contributed by atoms with Gasteiger partial charge in [0.25, 0.3) is 0 Å². The smallest absolute Gasteiger partial charge is 0.217 e. The Bertz CT molecular complexity index is 1130. The van der Waals surface area contributed by atoms with Gasteiger partial charge >= 0.3 is 0 Å². The first-order chi connectivity index (χ1) is 15.1. The summed E-state index contributed by atoms with van der Waals surface area (Å²) in [6.45, 7) is 19.4. The van der Waals surface area contributed by atoms with Crippen molar-refractivity contribution in [3.63, 3.8) is 0 Å². The maximum absolute atomic E-state index is 5.98. The lowest BCUT2D eigenvalue weighted by Gasteiger charge is -2.44. The summed E-state index contributed by atoms with van der Waals surface area (Å²) >= 11 is 0. The second-order valence-electron chi connectivity index (χ2n) is 10.9. The minimum atomic E-state index is -1.78. The molecule has 0 amide bonds. The number of benzene rings is 2. The van der Waals surface area contributed by atoms with Crippen LogP contribution in [0.1, 0.15) is 61.0 Å². The van der Waals surface area contributed by atoms with E-state index in [4.69, 9.17) is 9.73 Å². The molecular weight excluding hydrogens is 408 g/mol. The summed E-state index contributed by atoms with van der Waals surface area (Å²) in [6, 6.07) is 17.7. The van der Waals surface area contributed by atoms with Gasteiger partial charge in [-0.2, -0.15) is 0 Å². The molecule has 0 spiro atoms. The fourth-order valence-corrected chi connectivity index (χ4v) is 12.7. The summed E-state index contributed by atoms with van der Waals surface area (Å²) in [4.78, 5) is 4.83. The van der Waals surface area contributed by atoms with Crippen molar-refractivity contribution in [2.24, 2.45) is 4.99 Å².